The fraction of sp³-hybridized carbons (Fsp3) is 0.167. The van der Waals surface area contributed by atoms with Crippen LogP contribution in [0.25, 0.3) is 22.8 Å². The Morgan fingerprint density at radius 1 is 0.909 bits per heavy atom. The molecular weight excluding hydrogens is 276 g/mol. The average molecular weight is 294 g/mol. The number of nitrogens with zero attached hydrogens (tertiary/aromatic N) is 2. The second-order valence-corrected chi connectivity index (χ2v) is 5.20. The van der Waals surface area contributed by atoms with Crippen LogP contribution in [0.4, 0.5) is 5.69 Å². The van der Waals surface area contributed by atoms with Gasteiger partial charge in [0.05, 0.1) is 13.3 Å². The third-order valence-electron chi connectivity index (χ3n) is 3.51. The molecule has 22 heavy (non-hydrogen) atoms. The Labute approximate surface area is 130 Å². The van der Waals surface area contributed by atoms with Crippen LogP contribution >= 0.6 is 0 Å². The van der Waals surface area contributed by atoms with Gasteiger partial charge in [-0.15, -0.1) is 0 Å². The molecule has 0 fully saturated rings. The van der Waals surface area contributed by atoms with Crippen LogP contribution in [-0.2, 0) is 0 Å². The summed E-state index contributed by atoms with van der Waals surface area (Å²) in [6.07, 6.45) is 1.75. The summed E-state index contributed by atoms with van der Waals surface area (Å²) in [5.74, 6) is 2.19. The average Bonchev–Trinajstić information content (AvgIpc) is 3.05. The van der Waals surface area contributed by atoms with E-state index in [9.17, 15) is 0 Å². The molecule has 0 N–H and O–H groups in total. The third-order valence-corrected chi connectivity index (χ3v) is 3.51. The van der Waals surface area contributed by atoms with Gasteiger partial charge in [-0.05, 0) is 48.5 Å². The van der Waals surface area contributed by atoms with Gasteiger partial charge < -0.3 is 14.1 Å². The van der Waals surface area contributed by atoms with Crippen molar-refractivity contribution in [1.82, 2.24) is 4.98 Å². The van der Waals surface area contributed by atoms with E-state index in [1.165, 1.54) is 0 Å². The fourth-order valence-corrected chi connectivity index (χ4v) is 2.20. The fourth-order valence-electron chi connectivity index (χ4n) is 2.20. The highest BCUT2D eigenvalue weighted by molar-refractivity contribution is 5.63. The molecule has 0 spiro atoms. The molecule has 0 amide bonds. The lowest BCUT2D eigenvalue weighted by Crippen LogP contribution is -2.07. The van der Waals surface area contributed by atoms with Crippen molar-refractivity contribution in [2.24, 2.45) is 0 Å². The lowest BCUT2D eigenvalue weighted by Gasteiger charge is -2.11. The van der Waals surface area contributed by atoms with E-state index >= 15 is 0 Å². The molecule has 1 aromatic heterocycles. The predicted molar refractivity (Wildman–Crippen MR) is 88.3 cm³/mol. The number of benzene rings is 2. The zero-order valence-electron chi connectivity index (χ0n) is 12.9. The smallest absolute Gasteiger partial charge is 0.226 e. The highest BCUT2D eigenvalue weighted by atomic mass is 16.5. The van der Waals surface area contributed by atoms with Crippen LogP contribution in [0.3, 0.4) is 0 Å². The highest BCUT2D eigenvalue weighted by Crippen LogP contribution is 2.28. The van der Waals surface area contributed by atoms with E-state index in [4.69, 9.17) is 9.15 Å². The number of hydrogen-bond donors (Lipinski definition) is 0. The van der Waals surface area contributed by atoms with Crippen molar-refractivity contribution in [2.75, 3.05) is 26.1 Å². The minimum Gasteiger partial charge on any atom is -0.497 e. The first-order valence-corrected chi connectivity index (χ1v) is 7.05. The number of ether oxygens (including phenoxy) is 1. The second kappa shape index (κ2) is 5.93. The maximum Gasteiger partial charge on any atom is 0.226 e. The molecule has 1 heterocycles. The second-order valence-electron chi connectivity index (χ2n) is 5.20. The molecule has 0 saturated heterocycles. The van der Waals surface area contributed by atoms with Crippen molar-refractivity contribution >= 4 is 5.69 Å². The van der Waals surface area contributed by atoms with E-state index in [1.807, 2.05) is 62.6 Å². The van der Waals surface area contributed by atoms with Gasteiger partial charge in [-0.25, -0.2) is 4.98 Å². The van der Waals surface area contributed by atoms with E-state index in [2.05, 4.69) is 9.88 Å². The molecule has 3 aromatic rings. The summed E-state index contributed by atoms with van der Waals surface area (Å²) in [5.41, 5.74) is 3.08. The highest BCUT2D eigenvalue weighted by Gasteiger charge is 2.09. The molecule has 0 saturated carbocycles. The first kappa shape index (κ1) is 14.2. The quantitative estimate of drug-likeness (QED) is 0.726. The van der Waals surface area contributed by atoms with Gasteiger partial charge >= 0.3 is 0 Å². The summed E-state index contributed by atoms with van der Waals surface area (Å²) in [5, 5.41) is 0. The predicted octanol–water partition coefficient (Wildman–Crippen LogP) is 4.08. The molecule has 4 heteroatoms. The Kier molecular flexibility index (Phi) is 3.83. The summed E-state index contributed by atoms with van der Waals surface area (Å²) in [7, 11) is 5.68. The molecule has 3 rings (SSSR count). The van der Waals surface area contributed by atoms with Crippen molar-refractivity contribution in [2.45, 2.75) is 0 Å². The zero-order chi connectivity index (χ0) is 15.5. The van der Waals surface area contributed by atoms with E-state index in [1.54, 1.807) is 13.3 Å². The molecule has 2 aromatic carbocycles. The first-order chi connectivity index (χ1) is 10.7. The van der Waals surface area contributed by atoms with Crippen molar-refractivity contribution in [1.29, 1.82) is 0 Å². The van der Waals surface area contributed by atoms with Gasteiger partial charge in [0, 0.05) is 30.9 Å². The maximum atomic E-state index is 5.86. The number of aromatic nitrogens is 1. The van der Waals surface area contributed by atoms with Gasteiger partial charge in [0.1, 0.15) is 5.75 Å². The van der Waals surface area contributed by atoms with E-state index in [0.29, 0.717) is 5.89 Å². The van der Waals surface area contributed by atoms with Crippen LogP contribution in [0.15, 0.2) is 59.1 Å². The molecule has 4 nitrogen and oxygen atoms in total. The summed E-state index contributed by atoms with van der Waals surface area (Å²) >= 11 is 0. The zero-order valence-corrected chi connectivity index (χ0v) is 12.9. The van der Waals surface area contributed by atoms with E-state index < -0.39 is 0 Å². The van der Waals surface area contributed by atoms with Gasteiger partial charge in [0.2, 0.25) is 5.89 Å². The van der Waals surface area contributed by atoms with Gasteiger partial charge in [0.15, 0.2) is 5.76 Å². The Bertz CT molecular complexity index is 744. The number of methoxy groups -OCH3 is 1. The lowest BCUT2D eigenvalue weighted by atomic mass is 10.2. The molecule has 0 aliphatic carbocycles. The molecule has 112 valence electrons. The van der Waals surface area contributed by atoms with Crippen LogP contribution in [0.2, 0.25) is 0 Å². The van der Waals surface area contributed by atoms with Crippen LogP contribution in [0.1, 0.15) is 0 Å². The van der Waals surface area contributed by atoms with Gasteiger partial charge in [-0.3, -0.25) is 0 Å². The molecule has 0 unspecified atom stereocenters. The number of anilines is 1. The van der Waals surface area contributed by atoms with Crippen molar-refractivity contribution in [3.63, 3.8) is 0 Å². The normalized spacial score (nSPS) is 10.5. The van der Waals surface area contributed by atoms with Crippen LogP contribution in [0.5, 0.6) is 5.75 Å². The Balaban J connectivity index is 1.86. The molecule has 0 radical (unpaired) electrons. The molecular formula is C18H18N2O2. The third kappa shape index (κ3) is 2.81. The SMILES string of the molecule is COc1ccc(-c2cnc(-c3ccc(N(C)C)cc3)o2)cc1. The summed E-state index contributed by atoms with van der Waals surface area (Å²) in [6, 6.07) is 15.8. The summed E-state index contributed by atoms with van der Waals surface area (Å²) in [6.45, 7) is 0. The van der Waals surface area contributed by atoms with Crippen molar-refractivity contribution in [3.05, 3.63) is 54.7 Å². The van der Waals surface area contributed by atoms with Crippen molar-refractivity contribution < 1.29 is 9.15 Å². The lowest BCUT2D eigenvalue weighted by molar-refractivity contribution is 0.415. The maximum absolute atomic E-state index is 5.86. The summed E-state index contributed by atoms with van der Waals surface area (Å²) < 4.78 is 11.0. The topological polar surface area (TPSA) is 38.5 Å². The monoisotopic (exact) mass is 294 g/mol. The molecule has 0 aliphatic rings. The Hall–Kier alpha value is -2.75. The Morgan fingerprint density at radius 3 is 2.14 bits per heavy atom. The first-order valence-electron chi connectivity index (χ1n) is 7.05. The number of rotatable bonds is 4. The molecule has 0 atom stereocenters. The Morgan fingerprint density at radius 2 is 1.55 bits per heavy atom. The van der Waals surface area contributed by atoms with Gasteiger partial charge in [-0.1, -0.05) is 0 Å². The minimum absolute atomic E-state index is 0.621. The summed E-state index contributed by atoms with van der Waals surface area (Å²) in [4.78, 5) is 6.43. The molecule has 0 aliphatic heterocycles. The van der Waals surface area contributed by atoms with Crippen LogP contribution < -0.4 is 9.64 Å². The van der Waals surface area contributed by atoms with Gasteiger partial charge in [-0.2, -0.15) is 0 Å². The standard InChI is InChI=1S/C18H18N2O2/c1-20(2)15-8-4-14(5-9-15)18-19-12-17(22-18)13-6-10-16(21-3)11-7-13/h4-12H,1-3H3. The minimum atomic E-state index is 0.621. The van der Waals surface area contributed by atoms with Crippen LogP contribution in [-0.4, -0.2) is 26.2 Å². The van der Waals surface area contributed by atoms with Crippen molar-refractivity contribution in [3.8, 4) is 28.5 Å². The van der Waals surface area contributed by atoms with Gasteiger partial charge in [0.25, 0.3) is 0 Å². The number of hydrogen-bond acceptors (Lipinski definition) is 4. The van der Waals surface area contributed by atoms with E-state index in [0.717, 1.165) is 28.3 Å². The number of oxazole rings is 1. The largest absolute Gasteiger partial charge is 0.497 e. The molecule has 0 bridgehead atoms. The van der Waals surface area contributed by atoms with Crippen LogP contribution in [0, 0.1) is 0 Å². The van der Waals surface area contributed by atoms with E-state index in [-0.39, 0.29) is 0 Å².